The number of rotatable bonds is 5. The van der Waals surface area contributed by atoms with Crippen molar-refractivity contribution in [3.63, 3.8) is 0 Å². The van der Waals surface area contributed by atoms with Gasteiger partial charge in [-0.1, -0.05) is 49.0 Å². The third-order valence-corrected chi connectivity index (χ3v) is 7.14. The normalized spacial score (nSPS) is 18.7. The Morgan fingerprint density at radius 2 is 1.73 bits per heavy atom. The van der Waals surface area contributed by atoms with Crippen LogP contribution in [-0.4, -0.2) is 78.9 Å². The number of nitrogens with zero attached hydrogens (tertiary/aromatic N) is 2. The van der Waals surface area contributed by atoms with Gasteiger partial charge in [-0.15, -0.1) is 0 Å². The fourth-order valence-electron chi connectivity index (χ4n) is 4.30. The van der Waals surface area contributed by atoms with Gasteiger partial charge in [-0.25, -0.2) is 0 Å². The second-order valence-electron chi connectivity index (χ2n) is 8.34. The van der Waals surface area contributed by atoms with E-state index in [2.05, 4.69) is 59.2 Å². The molecule has 0 radical (unpaired) electrons. The second-order valence-corrected chi connectivity index (χ2v) is 10.9. The van der Waals surface area contributed by atoms with Crippen LogP contribution in [-0.2, 0) is 23.0 Å². The predicted molar refractivity (Wildman–Crippen MR) is 134 cm³/mol. The zero-order chi connectivity index (χ0) is 23.1. The molecule has 1 unspecified atom stereocenters. The molecule has 9 heteroatoms. The summed E-state index contributed by atoms with van der Waals surface area (Å²) in [5.74, 6) is 0. The van der Waals surface area contributed by atoms with E-state index in [-0.39, 0.29) is 5.48 Å². The summed E-state index contributed by atoms with van der Waals surface area (Å²) in [5.41, 5.74) is 4.43. The number of hydrogen-bond donors (Lipinski definition) is 2. The Labute approximate surface area is 201 Å². The molecule has 0 spiro atoms. The van der Waals surface area contributed by atoms with Crippen LogP contribution < -0.4 is 0 Å². The molecule has 1 atom stereocenters. The molecule has 0 aromatic heterocycles. The number of aliphatic hydroxyl groups excluding tert-OH is 1. The van der Waals surface area contributed by atoms with Crippen molar-refractivity contribution in [1.29, 1.82) is 0 Å². The molecule has 33 heavy (non-hydrogen) atoms. The maximum absolute atomic E-state index is 9.19. The Morgan fingerprint density at radius 3 is 2.36 bits per heavy atom. The summed E-state index contributed by atoms with van der Waals surface area (Å²) in [6.07, 6.45) is 3.79. The van der Waals surface area contributed by atoms with Crippen LogP contribution in [0.5, 0.6) is 0 Å². The number of fused-ring (bicyclic) bond motifs is 2. The van der Waals surface area contributed by atoms with E-state index in [9.17, 15) is 8.42 Å². The Balaban J connectivity index is 0.000000583. The molecule has 4 rings (SSSR count). The van der Waals surface area contributed by atoms with Gasteiger partial charge in [-0.05, 0) is 48.1 Å². The summed E-state index contributed by atoms with van der Waals surface area (Å²) in [6, 6.07) is 16.5. The highest BCUT2D eigenvalue weighted by atomic mass is 32.2. The first-order valence-corrected chi connectivity index (χ1v) is 13.8. The Bertz CT molecular complexity index is 984. The summed E-state index contributed by atoms with van der Waals surface area (Å²) < 4.78 is 25.9. The molecule has 4 N–H and O–H groups in total. The molecule has 0 amide bonds. The zero-order valence-electron chi connectivity index (χ0n) is 19.4. The lowest BCUT2D eigenvalue weighted by Crippen LogP contribution is -2.48. The second kappa shape index (κ2) is 12.9. The zero-order valence-corrected chi connectivity index (χ0v) is 21.0. The van der Waals surface area contributed by atoms with Crippen molar-refractivity contribution in [2.24, 2.45) is 0 Å². The highest BCUT2D eigenvalue weighted by Crippen LogP contribution is 2.43. The van der Waals surface area contributed by atoms with Crippen LogP contribution in [0.25, 0.3) is 0 Å². The number of aryl methyl sites for hydroxylation is 1. The topological polar surface area (TPSA) is 113 Å². The molecule has 7 nitrogen and oxygen atoms in total. The number of benzene rings is 2. The van der Waals surface area contributed by atoms with E-state index < -0.39 is 10.1 Å². The van der Waals surface area contributed by atoms with E-state index >= 15 is 0 Å². The van der Waals surface area contributed by atoms with Gasteiger partial charge < -0.3 is 15.5 Å². The molecule has 0 saturated carbocycles. The van der Waals surface area contributed by atoms with E-state index in [1.807, 2.05) is 11.8 Å². The van der Waals surface area contributed by atoms with Gasteiger partial charge in [-0.3, -0.25) is 9.45 Å². The van der Waals surface area contributed by atoms with Crippen molar-refractivity contribution in [2.75, 3.05) is 45.6 Å². The molecule has 2 aromatic carbocycles. The van der Waals surface area contributed by atoms with Crippen LogP contribution in [0.15, 0.2) is 52.3 Å². The van der Waals surface area contributed by atoms with Crippen LogP contribution in [0.2, 0.25) is 0 Å². The molecule has 2 aliphatic rings. The first-order chi connectivity index (χ1) is 15.3. The molecule has 0 bridgehead atoms. The first kappa shape index (κ1) is 27.8. The van der Waals surface area contributed by atoms with Gasteiger partial charge in [0.25, 0.3) is 10.1 Å². The number of hydrogen-bond acceptors (Lipinski definition) is 6. The molecule has 2 aromatic rings. The van der Waals surface area contributed by atoms with Crippen LogP contribution >= 0.6 is 11.8 Å². The highest BCUT2D eigenvalue weighted by molar-refractivity contribution is 7.99. The molecule has 1 fully saturated rings. The van der Waals surface area contributed by atoms with Gasteiger partial charge in [0.15, 0.2) is 0 Å². The summed E-state index contributed by atoms with van der Waals surface area (Å²) >= 11 is 1.94. The Hall–Kier alpha value is -1.46. The maximum atomic E-state index is 9.19. The lowest BCUT2D eigenvalue weighted by Gasteiger charge is -2.39. The van der Waals surface area contributed by atoms with Gasteiger partial charge in [0.05, 0.1) is 6.26 Å². The van der Waals surface area contributed by atoms with Crippen molar-refractivity contribution in [3.05, 3.63) is 59.2 Å². The summed E-state index contributed by atoms with van der Waals surface area (Å²) in [5, 5.41) is 9.10. The van der Waals surface area contributed by atoms with Crippen molar-refractivity contribution in [3.8, 4) is 0 Å². The summed E-state index contributed by atoms with van der Waals surface area (Å²) in [4.78, 5) is 8.02. The van der Waals surface area contributed by atoms with Crippen molar-refractivity contribution in [2.45, 2.75) is 42.0 Å². The lowest BCUT2D eigenvalue weighted by molar-refractivity contribution is 0.0899. The SMILES string of the molecule is CCc1ccc2c(c1)C(N1CCN(CCCO)CC1)Cc1ccccc1S2.CS(=O)(=O)O.O. The highest BCUT2D eigenvalue weighted by Gasteiger charge is 2.30. The van der Waals surface area contributed by atoms with Gasteiger partial charge in [-0.2, -0.15) is 8.42 Å². The van der Waals surface area contributed by atoms with Crippen molar-refractivity contribution in [1.82, 2.24) is 9.80 Å². The van der Waals surface area contributed by atoms with Gasteiger partial charge in [0, 0.05) is 55.2 Å². The van der Waals surface area contributed by atoms with E-state index in [1.165, 1.54) is 26.5 Å². The average molecular weight is 497 g/mol. The monoisotopic (exact) mass is 496 g/mol. The van der Waals surface area contributed by atoms with Crippen LogP contribution in [0.3, 0.4) is 0 Å². The molecule has 0 aliphatic carbocycles. The van der Waals surface area contributed by atoms with Crippen LogP contribution in [0.4, 0.5) is 0 Å². The van der Waals surface area contributed by atoms with Crippen LogP contribution in [0.1, 0.15) is 36.1 Å². The standard InChI is InChI=1S/C23H30N2OS.CH4O3S.H2O/c1-2-18-8-9-23-20(16-18)21(17-19-6-3-4-7-22(19)27-23)25-13-11-24(12-14-25)10-5-15-26;1-5(2,3)4;/h3-4,6-9,16,21,26H,2,5,10-15,17H2,1H3;1H3,(H,2,3,4);1H2. The molecular weight excluding hydrogens is 460 g/mol. The van der Waals surface area contributed by atoms with Gasteiger partial charge >= 0.3 is 0 Å². The number of piperazine rings is 1. The van der Waals surface area contributed by atoms with Crippen LogP contribution in [0, 0.1) is 0 Å². The largest absolute Gasteiger partial charge is 0.412 e. The fraction of sp³-hybridized carbons (Fsp3) is 0.500. The third-order valence-electron chi connectivity index (χ3n) is 5.93. The van der Waals surface area contributed by atoms with E-state index in [0.717, 1.165) is 52.0 Å². The van der Waals surface area contributed by atoms with Crippen molar-refractivity contribution >= 4 is 21.9 Å². The molecule has 2 heterocycles. The van der Waals surface area contributed by atoms with Crippen molar-refractivity contribution < 1.29 is 23.6 Å². The predicted octanol–water partition coefficient (Wildman–Crippen LogP) is 2.68. The summed E-state index contributed by atoms with van der Waals surface area (Å²) in [6.45, 7) is 7.99. The average Bonchev–Trinajstić information content (AvgIpc) is 2.93. The Morgan fingerprint density at radius 1 is 1.06 bits per heavy atom. The number of aliphatic hydroxyl groups is 1. The molecular formula is C24H36N2O5S2. The smallest absolute Gasteiger partial charge is 0.261 e. The summed E-state index contributed by atoms with van der Waals surface area (Å²) in [7, 11) is -3.67. The minimum atomic E-state index is -3.67. The Kier molecular flexibility index (Phi) is 10.8. The molecule has 2 aliphatic heterocycles. The van der Waals surface area contributed by atoms with E-state index in [4.69, 9.17) is 9.66 Å². The quantitative estimate of drug-likeness (QED) is 0.612. The maximum Gasteiger partial charge on any atom is 0.261 e. The minimum Gasteiger partial charge on any atom is -0.412 e. The lowest BCUT2D eigenvalue weighted by atomic mass is 9.95. The van der Waals surface area contributed by atoms with Gasteiger partial charge in [0.1, 0.15) is 0 Å². The first-order valence-electron chi connectivity index (χ1n) is 11.2. The fourth-order valence-corrected chi connectivity index (χ4v) is 5.41. The van der Waals surface area contributed by atoms with Gasteiger partial charge in [0.2, 0.25) is 0 Å². The molecule has 184 valence electrons. The minimum absolute atomic E-state index is 0. The third kappa shape index (κ3) is 8.36. The van der Waals surface area contributed by atoms with E-state index in [1.54, 1.807) is 0 Å². The van der Waals surface area contributed by atoms with E-state index in [0.29, 0.717) is 18.9 Å². The molecule has 1 saturated heterocycles.